The summed E-state index contributed by atoms with van der Waals surface area (Å²) in [5, 5.41) is 16.8. The maximum Gasteiger partial charge on any atom is 0.336 e. The summed E-state index contributed by atoms with van der Waals surface area (Å²) in [5.41, 5.74) is 2.32. The van der Waals surface area contributed by atoms with Crippen molar-refractivity contribution in [2.75, 3.05) is 25.3 Å². The highest BCUT2D eigenvalue weighted by atomic mass is 35.5. The van der Waals surface area contributed by atoms with Crippen LogP contribution in [0.1, 0.15) is 18.4 Å². The SMILES string of the molecule is COC(=O)C1=C(C)NC(SCC(=O)Nc2cccc(OC)c2)=C(C#N)[C@H]1c1ccccc1Cl. The summed E-state index contributed by atoms with van der Waals surface area (Å²) in [6.45, 7) is 1.72. The summed E-state index contributed by atoms with van der Waals surface area (Å²) in [6, 6.07) is 16.3. The van der Waals surface area contributed by atoms with Gasteiger partial charge in [0, 0.05) is 22.5 Å². The Balaban J connectivity index is 1.89. The number of halogens is 1. The van der Waals surface area contributed by atoms with E-state index in [9.17, 15) is 14.9 Å². The number of thioether (sulfide) groups is 1. The number of methoxy groups -OCH3 is 2. The fraction of sp³-hybridized carbons (Fsp3) is 0.208. The van der Waals surface area contributed by atoms with E-state index in [1.807, 2.05) is 0 Å². The van der Waals surface area contributed by atoms with Gasteiger partial charge in [0.15, 0.2) is 0 Å². The van der Waals surface area contributed by atoms with E-state index in [0.29, 0.717) is 38.3 Å². The molecule has 2 N–H and O–H groups in total. The maximum atomic E-state index is 12.6. The smallest absolute Gasteiger partial charge is 0.336 e. The number of carbonyl (C=O) groups excluding carboxylic acids is 2. The fourth-order valence-corrected chi connectivity index (χ4v) is 4.60. The molecule has 9 heteroatoms. The standard InChI is InChI=1S/C24H22ClN3O4S/c1-14-21(24(30)32-3)22(17-9-4-5-10-19(17)25)18(12-26)23(27-14)33-13-20(29)28-15-7-6-8-16(11-15)31-2/h4-11,22,27H,13H2,1-3H3,(H,28,29)/t22-/m1/s1. The maximum absolute atomic E-state index is 12.6. The zero-order valence-electron chi connectivity index (χ0n) is 18.3. The predicted molar refractivity (Wildman–Crippen MR) is 129 cm³/mol. The first-order chi connectivity index (χ1) is 15.9. The molecule has 7 nitrogen and oxygen atoms in total. The number of benzene rings is 2. The van der Waals surface area contributed by atoms with Gasteiger partial charge in [-0.15, -0.1) is 0 Å². The van der Waals surface area contributed by atoms with Crippen LogP contribution in [0.3, 0.4) is 0 Å². The van der Waals surface area contributed by atoms with E-state index in [0.717, 1.165) is 0 Å². The van der Waals surface area contributed by atoms with E-state index in [1.165, 1.54) is 18.9 Å². The van der Waals surface area contributed by atoms with Crippen molar-refractivity contribution in [1.29, 1.82) is 5.26 Å². The number of nitrogens with zero attached hydrogens (tertiary/aromatic N) is 1. The van der Waals surface area contributed by atoms with Gasteiger partial charge >= 0.3 is 5.97 Å². The molecule has 1 aliphatic rings. The number of nitriles is 1. The number of hydrogen-bond acceptors (Lipinski definition) is 7. The molecule has 1 heterocycles. The fourth-order valence-electron chi connectivity index (χ4n) is 3.46. The number of nitrogens with one attached hydrogen (secondary N) is 2. The quantitative estimate of drug-likeness (QED) is 0.555. The van der Waals surface area contributed by atoms with Crippen molar-refractivity contribution in [3.63, 3.8) is 0 Å². The number of rotatable bonds is 7. The van der Waals surface area contributed by atoms with Gasteiger partial charge in [-0.2, -0.15) is 5.26 Å². The third kappa shape index (κ3) is 5.51. The van der Waals surface area contributed by atoms with E-state index in [-0.39, 0.29) is 17.2 Å². The lowest BCUT2D eigenvalue weighted by atomic mass is 9.82. The number of allylic oxidation sites excluding steroid dienone is 2. The van der Waals surface area contributed by atoms with Gasteiger partial charge < -0.3 is 20.1 Å². The van der Waals surface area contributed by atoms with Crippen LogP contribution >= 0.6 is 23.4 Å². The highest BCUT2D eigenvalue weighted by Gasteiger charge is 2.36. The highest BCUT2D eigenvalue weighted by molar-refractivity contribution is 8.03. The van der Waals surface area contributed by atoms with Gasteiger partial charge in [0.05, 0.1) is 48.1 Å². The molecule has 0 aromatic heterocycles. The van der Waals surface area contributed by atoms with Crippen LogP contribution < -0.4 is 15.4 Å². The first-order valence-corrected chi connectivity index (χ1v) is 11.3. The zero-order chi connectivity index (χ0) is 24.0. The molecule has 1 aliphatic heterocycles. The molecular formula is C24H22ClN3O4S. The second-order valence-corrected chi connectivity index (χ2v) is 8.43. The van der Waals surface area contributed by atoms with Gasteiger partial charge in [0.1, 0.15) is 5.75 Å². The van der Waals surface area contributed by atoms with Crippen LogP contribution in [-0.4, -0.2) is 31.8 Å². The van der Waals surface area contributed by atoms with Gasteiger partial charge in [0.25, 0.3) is 0 Å². The number of hydrogen-bond donors (Lipinski definition) is 2. The predicted octanol–water partition coefficient (Wildman–Crippen LogP) is 4.59. The monoisotopic (exact) mass is 483 g/mol. The lowest BCUT2D eigenvalue weighted by molar-refractivity contribution is -0.136. The lowest BCUT2D eigenvalue weighted by Gasteiger charge is -2.29. The van der Waals surface area contributed by atoms with Gasteiger partial charge in [0.2, 0.25) is 5.91 Å². The van der Waals surface area contributed by atoms with Gasteiger partial charge in [-0.1, -0.05) is 47.6 Å². The molecule has 0 saturated heterocycles. The van der Waals surface area contributed by atoms with Crippen molar-refractivity contribution in [3.8, 4) is 11.8 Å². The summed E-state index contributed by atoms with van der Waals surface area (Å²) in [7, 11) is 2.84. The number of carbonyl (C=O) groups is 2. The third-order valence-electron chi connectivity index (χ3n) is 4.97. The Labute approximate surface area is 201 Å². The highest BCUT2D eigenvalue weighted by Crippen LogP contribution is 2.43. The Kier molecular flexibility index (Phi) is 8.04. The van der Waals surface area contributed by atoms with Gasteiger partial charge in [-0.05, 0) is 30.7 Å². The van der Waals surface area contributed by atoms with Crippen molar-refractivity contribution in [3.05, 3.63) is 81.0 Å². The van der Waals surface area contributed by atoms with E-state index in [2.05, 4.69) is 16.7 Å². The molecule has 0 saturated carbocycles. The number of anilines is 1. The summed E-state index contributed by atoms with van der Waals surface area (Å²) >= 11 is 7.59. The lowest BCUT2D eigenvalue weighted by Crippen LogP contribution is -2.29. The molecule has 2 aromatic rings. The van der Waals surface area contributed by atoms with Crippen LogP contribution in [0, 0.1) is 11.3 Å². The summed E-state index contributed by atoms with van der Waals surface area (Å²) in [4.78, 5) is 25.1. The molecule has 2 aromatic carbocycles. The topological polar surface area (TPSA) is 100 Å². The van der Waals surface area contributed by atoms with E-state index < -0.39 is 11.9 Å². The Morgan fingerprint density at radius 1 is 1.21 bits per heavy atom. The molecule has 0 fully saturated rings. The normalized spacial score (nSPS) is 15.4. The van der Waals surface area contributed by atoms with Crippen molar-refractivity contribution in [2.45, 2.75) is 12.8 Å². The molecule has 0 bridgehead atoms. The minimum atomic E-state index is -0.721. The second kappa shape index (κ2) is 10.9. The molecule has 0 aliphatic carbocycles. The number of esters is 1. The van der Waals surface area contributed by atoms with Crippen LogP contribution in [0.4, 0.5) is 5.69 Å². The van der Waals surface area contributed by atoms with Crippen LogP contribution in [0.5, 0.6) is 5.75 Å². The average molecular weight is 484 g/mol. The van der Waals surface area contributed by atoms with Crippen molar-refractivity contribution in [1.82, 2.24) is 5.32 Å². The second-order valence-electron chi connectivity index (χ2n) is 7.03. The molecule has 0 spiro atoms. The van der Waals surface area contributed by atoms with E-state index in [1.54, 1.807) is 62.6 Å². The molecule has 0 radical (unpaired) electrons. The van der Waals surface area contributed by atoms with Crippen LogP contribution in [0.2, 0.25) is 5.02 Å². The molecule has 1 atom stereocenters. The Morgan fingerprint density at radius 3 is 2.64 bits per heavy atom. The number of ether oxygens (including phenoxy) is 2. The molecule has 170 valence electrons. The first kappa shape index (κ1) is 24.2. The Morgan fingerprint density at radius 2 is 1.97 bits per heavy atom. The minimum absolute atomic E-state index is 0.0425. The van der Waals surface area contributed by atoms with Crippen molar-refractivity contribution < 1.29 is 19.1 Å². The number of amides is 1. The van der Waals surface area contributed by atoms with Gasteiger partial charge in [-0.25, -0.2) is 4.79 Å². The van der Waals surface area contributed by atoms with Crippen LogP contribution in [-0.2, 0) is 14.3 Å². The van der Waals surface area contributed by atoms with Crippen molar-refractivity contribution in [2.24, 2.45) is 0 Å². The molecule has 1 amide bonds. The summed E-state index contributed by atoms with van der Waals surface area (Å²) in [5.74, 6) is -0.864. The molecule has 33 heavy (non-hydrogen) atoms. The van der Waals surface area contributed by atoms with Crippen LogP contribution in [0.25, 0.3) is 0 Å². The Bertz CT molecular complexity index is 1190. The third-order valence-corrected chi connectivity index (χ3v) is 6.33. The summed E-state index contributed by atoms with van der Waals surface area (Å²) in [6.07, 6.45) is 0. The number of dihydropyridines is 1. The van der Waals surface area contributed by atoms with E-state index in [4.69, 9.17) is 21.1 Å². The average Bonchev–Trinajstić information content (AvgIpc) is 2.82. The summed E-state index contributed by atoms with van der Waals surface area (Å²) < 4.78 is 10.1. The van der Waals surface area contributed by atoms with Gasteiger partial charge in [-0.3, -0.25) is 4.79 Å². The van der Waals surface area contributed by atoms with E-state index >= 15 is 0 Å². The zero-order valence-corrected chi connectivity index (χ0v) is 19.8. The molecule has 3 rings (SSSR count). The Hall–Kier alpha value is -3.41. The van der Waals surface area contributed by atoms with Crippen LogP contribution in [0.15, 0.2) is 70.4 Å². The molecule has 0 unspecified atom stereocenters. The first-order valence-electron chi connectivity index (χ1n) is 9.91. The molecular weight excluding hydrogens is 462 g/mol. The largest absolute Gasteiger partial charge is 0.497 e. The van der Waals surface area contributed by atoms with Crippen molar-refractivity contribution >= 4 is 40.9 Å². The minimum Gasteiger partial charge on any atom is -0.497 e.